The van der Waals surface area contributed by atoms with Gasteiger partial charge in [0.1, 0.15) is 0 Å². The van der Waals surface area contributed by atoms with Gasteiger partial charge in [0, 0.05) is 47.3 Å². The normalized spacial score (nSPS) is 15.1. The van der Waals surface area contributed by atoms with Crippen molar-refractivity contribution >= 4 is 11.7 Å². The highest BCUT2D eigenvalue weighted by Gasteiger charge is 2.20. The molecule has 1 aromatic heterocycles. The molecule has 0 radical (unpaired) electrons. The van der Waals surface area contributed by atoms with E-state index in [0.29, 0.717) is 13.1 Å². The fraction of sp³-hybridized carbons (Fsp3) is 0.667. The molecule has 1 saturated heterocycles. The maximum Gasteiger partial charge on any atom is 0.346 e. The number of carbonyl (C=O) groups excluding carboxylic acids is 1. The molecule has 0 aromatic carbocycles. The maximum absolute atomic E-state index is 12.2. The van der Waals surface area contributed by atoms with E-state index in [2.05, 4.69) is 10.4 Å². The van der Waals surface area contributed by atoms with Crippen LogP contribution in [0.3, 0.4) is 0 Å². The second kappa shape index (κ2) is 6.08. The number of aromatic nitrogens is 3. The molecule has 0 unspecified atom stereocenters. The fourth-order valence-corrected chi connectivity index (χ4v) is 2.21. The highest BCUT2D eigenvalue weighted by Crippen LogP contribution is 2.01. The monoisotopic (exact) mass is 296 g/mol. The van der Waals surface area contributed by atoms with Crippen LogP contribution < -0.4 is 21.5 Å². The summed E-state index contributed by atoms with van der Waals surface area (Å²) in [4.78, 5) is 39.1. The third kappa shape index (κ3) is 3.13. The van der Waals surface area contributed by atoms with Gasteiger partial charge in [0.2, 0.25) is 11.7 Å². The molecule has 0 bridgehead atoms. The Labute approximate surface area is 121 Å². The molecule has 2 heterocycles. The van der Waals surface area contributed by atoms with E-state index < -0.39 is 11.2 Å². The lowest BCUT2D eigenvalue weighted by Crippen LogP contribution is -2.50. The van der Waals surface area contributed by atoms with Crippen molar-refractivity contribution in [3.63, 3.8) is 0 Å². The molecule has 1 aromatic rings. The summed E-state index contributed by atoms with van der Waals surface area (Å²) in [6.07, 6.45) is 0. The molecule has 0 spiro atoms. The summed E-state index contributed by atoms with van der Waals surface area (Å²) >= 11 is 0. The van der Waals surface area contributed by atoms with Crippen LogP contribution in [0.5, 0.6) is 0 Å². The van der Waals surface area contributed by atoms with Gasteiger partial charge in [-0.1, -0.05) is 0 Å². The quantitative estimate of drug-likeness (QED) is 0.655. The molecule has 0 aliphatic carbocycles. The van der Waals surface area contributed by atoms with Gasteiger partial charge in [0.05, 0.1) is 6.54 Å². The second-order valence-electron chi connectivity index (χ2n) is 5.08. The molecule has 0 atom stereocenters. The zero-order chi connectivity index (χ0) is 15.6. The number of anilines is 1. The van der Waals surface area contributed by atoms with E-state index in [1.165, 1.54) is 19.0 Å². The van der Waals surface area contributed by atoms with Crippen LogP contribution >= 0.6 is 0 Å². The summed E-state index contributed by atoms with van der Waals surface area (Å²) in [6.45, 7) is 2.92. The molecule has 1 aliphatic heterocycles. The first-order chi connectivity index (χ1) is 9.91. The number of aryl methyl sites for hydroxylation is 1. The first-order valence-electron chi connectivity index (χ1n) is 6.75. The largest absolute Gasteiger partial charge is 0.346 e. The number of nitrogens with one attached hydrogen (secondary N) is 1. The molecule has 9 heteroatoms. The molecular weight excluding hydrogens is 276 g/mol. The van der Waals surface area contributed by atoms with Crippen molar-refractivity contribution in [3.8, 4) is 0 Å². The standard InChI is InChI=1S/C12H20N6O3/c1-15(8-9(19)18-6-4-13-5-7-18)10-11(20)16(2)12(21)17(3)14-10/h13H,4-8H2,1-3H3. The van der Waals surface area contributed by atoms with Crippen molar-refractivity contribution in [2.24, 2.45) is 14.1 Å². The number of nitrogens with zero attached hydrogens (tertiary/aromatic N) is 5. The number of hydrogen-bond donors (Lipinski definition) is 1. The highest BCUT2D eigenvalue weighted by atomic mass is 16.2. The average Bonchev–Trinajstić information content (AvgIpc) is 2.49. The van der Waals surface area contributed by atoms with E-state index in [0.717, 1.165) is 22.3 Å². The number of hydrogen-bond acceptors (Lipinski definition) is 6. The molecule has 1 amide bonds. The minimum Gasteiger partial charge on any atom is -0.344 e. The second-order valence-corrected chi connectivity index (χ2v) is 5.08. The molecule has 1 aliphatic rings. The number of piperazine rings is 1. The van der Waals surface area contributed by atoms with Crippen LogP contribution in [0, 0.1) is 0 Å². The smallest absolute Gasteiger partial charge is 0.344 e. The molecule has 21 heavy (non-hydrogen) atoms. The van der Waals surface area contributed by atoms with E-state index in [4.69, 9.17) is 0 Å². The Kier molecular flexibility index (Phi) is 4.41. The summed E-state index contributed by atoms with van der Waals surface area (Å²) in [7, 11) is 4.48. The van der Waals surface area contributed by atoms with Gasteiger partial charge >= 0.3 is 5.69 Å². The van der Waals surface area contributed by atoms with Crippen LogP contribution in [0.2, 0.25) is 0 Å². The maximum atomic E-state index is 12.2. The first kappa shape index (κ1) is 15.2. The van der Waals surface area contributed by atoms with Crippen LogP contribution in [0.1, 0.15) is 0 Å². The van der Waals surface area contributed by atoms with Gasteiger partial charge in [-0.05, 0) is 0 Å². The molecule has 1 fully saturated rings. The molecule has 1 N–H and O–H groups in total. The summed E-state index contributed by atoms with van der Waals surface area (Å²) in [5.74, 6) is 0.0276. The van der Waals surface area contributed by atoms with Gasteiger partial charge in [-0.15, -0.1) is 5.10 Å². The topological polar surface area (TPSA) is 92.5 Å². The first-order valence-corrected chi connectivity index (χ1v) is 6.75. The third-order valence-electron chi connectivity index (χ3n) is 3.51. The predicted octanol–water partition coefficient (Wildman–Crippen LogP) is -2.65. The Bertz CT molecular complexity index is 643. The van der Waals surface area contributed by atoms with Gasteiger partial charge in [-0.25, -0.2) is 9.48 Å². The minimum atomic E-state index is -0.506. The lowest BCUT2D eigenvalue weighted by molar-refractivity contribution is -0.130. The summed E-state index contributed by atoms with van der Waals surface area (Å²) < 4.78 is 2.07. The summed E-state index contributed by atoms with van der Waals surface area (Å²) in [5.41, 5.74) is -1.00. The van der Waals surface area contributed by atoms with Crippen molar-refractivity contribution in [1.29, 1.82) is 0 Å². The molecular formula is C12H20N6O3. The highest BCUT2D eigenvalue weighted by molar-refractivity contribution is 5.81. The van der Waals surface area contributed by atoms with Crippen molar-refractivity contribution in [3.05, 3.63) is 20.8 Å². The van der Waals surface area contributed by atoms with E-state index in [9.17, 15) is 14.4 Å². The van der Waals surface area contributed by atoms with Crippen molar-refractivity contribution in [1.82, 2.24) is 24.6 Å². The number of rotatable bonds is 3. The van der Waals surface area contributed by atoms with E-state index >= 15 is 0 Å². The lowest BCUT2D eigenvalue weighted by atomic mass is 10.3. The van der Waals surface area contributed by atoms with Crippen LogP contribution in [0.25, 0.3) is 0 Å². The Morgan fingerprint density at radius 1 is 1.29 bits per heavy atom. The Hall–Kier alpha value is -2.16. The summed E-state index contributed by atoms with van der Waals surface area (Å²) in [5, 5.41) is 7.12. The van der Waals surface area contributed by atoms with Crippen LogP contribution in [0.4, 0.5) is 5.82 Å². The van der Waals surface area contributed by atoms with E-state index in [-0.39, 0.29) is 18.3 Å². The fourth-order valence-electron chi connectivity index (χ4n) is 2.21. The van der Waals surface area contributed by atoms with E-state index in [1.54, 1.807) is 11.9 Å². The van der Waals surface area contributed by atoms with Gasteiger partial charge < -0.3 is 15.1 Å². The van der Waals surface area contributed by atoms with Crippen molar-refractivity contribution in [2.75, 3.05) is 44.7 Å². The van der Waals surface area contributed by atoms with Crippen molar-refractivity contribution in [2.45, 2.75) is 0 Å². The van der Waals surface area contributed by atoms with Gasteiger partial charge in [0.25, 0.3) is 5.56 Å². The SMILES string of the molecule is CN(CC(=O)N1CCNCC1)c1nn(C)c(=O)n(C)c1=O. The predicted molar refractivity (Wildman–Crippen MR) is 77.4 cm³/mol. The van der Waals surface area contributed by atoms with E-state index in [1.807, 2.05) is 0 Å². The number of carbonyl (C=O) groups is 1. The summed E-state index contributed by atoms with van der Waals surface area (Å²) in [6, 6.07) is 0. The van der Waals surface area contributed by atoms with Crippen LogP contribution in [-0.4, -0.2) is 64.9 Å². The zero-order valence-electron chi connectivity index (χ0n) is 12.5. The molecule has 0 saturated carbocycles. The molecule has 116 valence electrons. The van der Waals surface area contributed by atoms with Crippen molar-refractivity contribution < 1.29 is 4.79 Å². The Balaban J connectivity index is 2.17. The van der Waals surface area contributed by atoms with Gasteiger partial charge in [-0.3, -0.25) is 14.2 Å². The number of amides is 1. The molecule has 9 nitrogen and oxygen atoms in total. The zero-order valence-corrected chi connectivity index (χ0v) is 12.5. The Morgan fingerprint density at radius 3 is 2.52 bits per heavy atom. The lowest BCUT2D eigenvalue weighted by Gasteiger charge is -2.29. The van der Waals surface area contributed by atoms with Gasteiger partial charge in [0.15, 0.2) is 0 Å². The molecule has 2 rings (SSSR count). The third-order valence-corrected chi connectivity index (χ3v) is 3.51. The average molecular weight is 296 g/mol. The van der Waals surface area contributed by atoms with Crippen LogP contribution in [-0.2, 0) is 18.9 Å². The minimum absolute atomic E-state index is 0.0560. The van der Waals surface area contributed by atoms with Crippen LogP contribution in [0.15, 0.2) is 9.59 Å². The van der Waals surface area contributed by atoms with Gasteiger partial charge in [-0.2, -0.15) is 0 Å². The Morgan fingerprint density at radius 2 is 1.90 bits per heavy atom. The number of likely N-dealkylation sites (N-methyl/N-ethyl adjacent to an activating group) is 1.